The number of aliphatic carboxylic acids is 1. The number of carbonyl (C=O) groups excluding carboxylic acids is 6. The summed E-state index contributed by atoms with van der Waals surface area (Å²) >= 11 is 1.90. The van der Waals surface area contributed by atoms with Crippen molar-refractivity contribution < 1.29 is 91.0 Å². The van der Waals surface area contributed by atoms with E-state index >= 15 is 0 Å². The number of benzene rings is 2. The van der Waals surface area contributed by atoms with Gasteiger partial charge in [0, 0.05) is 80.3 Å². The second-order valence-electron chi connectivity index (χ2n) is 16.3. The van der Waals surface area contributed by atoms with Crippen LogP contribution in [0.15, 0.2) is 70.0 Å². The SMILES string of the molecule is O=C(CCCCCCC(=O)NCCCC(=O)Nc1c[n+](-c2ccc(C(=O)O)cc2)no1)CCCC[C@@H]1SC[C@@H]2NC(=O)N[C@@H]21.O=C([O-])C(F)(F)F.[NH3+]CCCC(=O)Nc1c[n+](-c2ccc(C(=O)O)cc2)no1. The van der Waals surface area contributed by atoms with E-state index in [2.05, 4.69) is 42.9 Å². The Morgan fingerprint density at radius 1 is 0.708 bits per heavy atom. The van der Waals surface area contributed by atoms with Gasteiger partial charge in [0.25, 0.3) is 12.4 Å². The van der Waals surface area contributed by atoms with Crippen LogP contribution in [0.4, 0.5) is 29.7 Å². The number of nitrogens with one attached hydrogen (secondary N) is 5. The van der Waals surface area contributed by atoms with Crippen molar-refractivity contribution in [1.29, 1.82) is 0 Å². The molecule has 2 saturated heterocycles. The van der Waals surface area contributed by atoms with Gasteiger partial charge in [-0.15, -0.1) is 0 Å². The molecule has 2 aromatic heterocycles. The van der Waals surface area contributed by atoms with Crippen LogP contribution in [-0.4, -0.2) is 111 Å². The summed E-state index contributed by atoms with van der Waals surface area (Å²) < 4.78 is 44.4. The minimum atomic E-state index is -5.19. The molecule has 2 fully saturated rings. The van der Waals surface area contributed by atoms with Crippen LogP contribution < -0.4 is 46.8 Å². The molecule has 0 bridgehead atoms. The lowest BCUT2D eigenvalue weighted by molar-refractivity contribution is -0.670. The van der Waals surface area contributed by atoms with E-state index in [-0.39, 0.29) is 65.2 Å². The van der Waals surface area contributed by atoms with Crippen LogP contribution in [0, 0.1) is 0 Å². The Hall–Kier alpha value is -7.42. The molecule has 27 heteroatoms. The Bertz CT molecular complexity index is 2450. The third kappa shape index (κ3) is 20.1. The zero-order chi connectivity index (χ0) is 52.6. The van der Waals surface area contributed by atoms with Crippen molar-refractivity contribution >= 4 is 71.0 Å². The van der Waals surface area contributed by atoms with E-state index in [1.54, 1.807) is 24.3 Å². The highest BCUT2D eigenvalue weighted by Gasteiger charge is 2.42. The normalized spacial score (nSPS) is 15.6. The molecule has 0 aliphatic carbocycles. The fourth-order valence-electron chi connectivity index (χ4n) is 7.01. The molecule has 4 aromatic rings. The average molecular weight is 1040 g/mol. The number of anilines is 2. The largest absolute Gasteiger partial charge is 0.542 e. The number of urea groups is 1. The summed E-state index contributed by atoms with van der Waals surface area (Å²) in [5.74, 6) is -3.88. The van der Waals surface area contributed by atoms with Crippen molar-refractivity contribution in [3.05, 3.63) is 72.1 Å². The summed E-state index contributed by atoms with van der Waals surface area (Å²) in [5.41, 5.74) is 5.21. The summed E-state index contributed by atoms with van der Waals surface area (Å²) in [4.78, 5) is 90.0. The second-order valence-corrected chi connectivity index (χ2v) is 17.6. The van der Waals surface area contributed by atoms with E-state index < -0.39 is 24.1 Å². The molecular weight excluding hydrogens is 978 g/mol. The Morgan fingerprint density at radius 2 is 1.18 bits per heavy atom. The van der Waals surface area contributed by atoms with Crippen molar-refractivity contribution in [3.63, 3.8) is 0 Å². The van der Waals surface area contributed by atoms with Gasteiger partial charge in [-0.05, 0) is 65.7 Å². The zero-order valence-electron chi connectivity index (χ0n) is 38.9. The van der Waals surface area contributed by atoms with Gasteiger partial charge in [0.2, 0.25) is 39.6 Å². The number of quaternary nitrogens is 1. The Balaban J connectivity index is 0.000000330. The summed E-state index contributed by atoms with van der Waals surface area (Å²) in [6.07, 6.45) is 7.49. The molecule has 3 atom stereocenters. The molecule has 0 spiro atoms. The van der Waals surface area contributed by atoms with Crippen LogP contribution in [0.1, 0.15) is 111 Å². The lowest BCUT2D eigenvalue weighted by Crippen LogP contribution is -2.50. The topological polar surface area (TPSA) is 348 Å². The number of alkyl halides is 3. The number of carboxylic acids is 3. The predicted octanol–water partition coefficient (Wildman–Crippen LogP) is 2.03. The molecule has 2 aliphatic rings. The van der Waals surface area contributed by atoms with E-state index in [9.17, 15) is 46.7 Å². The molecular formula is C45H57F3N10O13S+2. The Kier molecular flexibility index (Phi) is 23.1. The lowest BCUT2D eigenvalue weighted by Gasteiger charge is -2.16. The van der Waals surface area contributed by atoms with Gasteiger partial charge in [-0.1, -0.05) is 19.3 Å². The van der Waals surface area contributed by atoms with Crippen molar-refractivity contribution in [2.45, 2.75) is 113 Å². The summed E-state index contributed by atoms with van der Waals surface area (Å²) in [6.45, 7) is 1.08. The fourth-order valence-corrected chi connectivity index (χ4v) is 8.55. The standard InChI is InChI=1S/C30H40N6O7S.C13H14N4O4.C2HF3O2/c37-22(9-5-6-10-24-28-23(19-44-24)32-30(42)34-28)8-3-1-2-4-11-25(38)31-17-7-12-26(39)33-27-18-36(35-43-27)21-15-13-20(14-16-21)29(40)41;14-7-1-2-11(18)15-12-8-17(16-21-12)10-5-3-9(4-6-10)13(19)20;3-2(4,5)1(6)7/h13-16,18,23-24,28H,1-12,17,19H2,(H4-,31,32,33,34,35,38,39,40,41,42);3-6,8H,1-2,7,14H2,(H-,15,16,18,19,20);(H,6,7)/p+2/t23-,24-,28-;;/m0../s1. The minimum Gasteiger partial charge on any atom is -0.542 e. The lowest BCUT2D eigenvalue weighted by atomic mass is 10.0. The van der Waals surface area contributed by atoms with Crippen molar-refractivity contribution in [2.75, 3.05) is 29.5 Å². The number of thioether (sulfide) groups is 1. The highest BCUT2D eigenvalue weighted by atomic mass is 32.2. The number of fused-ring (bicyclic) bond motifs is 1. The number of halogens is 3. The molecule has 10 N–H and O–H groups in total. The van der Waals surface area contributed by atoms with Gasteiger partial charge in [0.15, 0.2) is 0 Å². The van der Waals surface area contributed by atoms with Crippen LogP contribution in [-0.2, 0) is 24.0 Å². The van der Waals surface area contributed by atoms with E-state index in [4.69, 9.17) is 29.2 Å². The van der Waals surface area contributed by atoms with E-state index in [0.29, 0.717) is 74.0 Å². The molecule has 0 unspecified atom stereocenters. The van der Waals surface area contributed by atoms with Gasteiger partial charge >= 0.3 is 35.9 Å². The molecule has 2 aliphatic heterocycles. The van der Waals surface area contributed by atoms with Crippen molar-refractivity contribution in [2.24, 2.45) is 0 Å². The van der Waals surface area contributed by atoms with E-state index in [1.807, 2.05) is 11.8 Å². The highest BCUT2D eigenvalue weighted by molar-refractivity contribution is 8.00. The van der Waals surface area contributed by atoms with Crippen molar-refractivity contribution in [3.8, 4) is 11.4 Å². The van der Waals surface area contributed by atoms with Gasteiger partial charge in [-0.3, -0.25) is 38.9 Å². The summed E-state index contributed by atoms with van der Waals surface area (Å²) in [7, 11) is 0. The number of ketones is 1. The van der Waals surface area contributed by atoms with Gasteiger partial charge in [-0.2, -0.15) is 24.9 Å². The number of rotatable bonds is 25. The van der Waals surface area contributed by atoms with E-state index in [1.165, 1.54) is 46.0 Å². The average Bonchev–Trinajstić information content (AvgIpc) is 4.16. The number of aromatic nitrogens is 4. The van der Waals surface area contributed by atoms with Gasteiger partial charge in [0.1, 0.15) is 11.8 Å². The van der Waals surface area contributed by atoms with Gasteiger partial charge in [-0.25, -0.2) is 14.4 Å². The van der Waals surface area contributed by atoms with Crippen LogP contribution in [0.5, 0.6) is 0 Å². The molecule has 23 nitrogen and oxygen atoms in total. The monoisotopic (exact) mass is 1030 g/mol. The number of amides is 5. The zero-order valence-corrected chi connectivity index (χ0v) is 39.8. The number of unbranched alkanes of at least 4 members (excludes halogenated alkanes) is 4. The number of carbonyl (C=O) groups is 8. The first-order valence-electron chi connectivity index (χ1n) is 22.9. The number of Topliss-reactive ketones (excluding diaryl/α,β-unsaturated/α-hetero) is 1. The first-order chi connectivity index (χ1) is 34.3. The van der Waals surface area contributed by atoms with E-state index in [0.717, 1.165) is 50.7 Å². The quantitative estimate of drug-likeness (QED) is 0.0267. The molecule has 0 saturated carbocycles. The maximum Gasteiger partial charge on any atom is 0.430 e. The molecule has 2 aromatic carbocycles. The first kappa shape index (κ1) is 57.2. The molecule has 4 heterocycles. The number of hydrogen-bond acceptors (Lipinski definition) is 14. The predicted molar refractivity (Wildman–Crippen MR) is 244 cm³/mol. The fraction of sp³-hybridized carbons (Fsp3) is 0.467. The maximum atomic E-state index is 12.2. The van der Waals surface area contributed by atoms with Gasteiger partial charge < -0.3 is 41.8 Å². The van der Waals surface area contributed by atoms with Crippen LogP contribution in [0.3, 0.4) is 0 Å². The smallest absolute Gasteiger partial charge is 0.430 e. The van der Waals surface area contributed by atoms with Gasteiger partial charge in [0.05, 0.1) is 29.8 Å². The summed E-state index contributed by atoms with van der Waals surface area (Å²) in [6, 6.07) is 12.6. The molecule has 390 valence electrons. The second kappa shape index (κ2) is 29.1. The molecule has 5 amide bonds. The summed E-state index contributed by atoms with van der Waals surface area (Å²) in [5, 5.41) is 48.6. The third-order valence-corrected chi connectivity index (χ3v) is 12.3. The molecule has 72 heavy (non-hydrogen) atoms. The third-order valence-electron chi connectivity index (χ3n) is 10.7. The number of hydrogen-bond donors (Lipinski definition) is 8. The maximum absolute atomic E-state index is 12.2. The van der Waals surface area contributed by atoms with Crippen molar-refractivity contribution in [1.82, 2.24) is 26.5 Å². The number of carboxylic acid groups (broad SMARTS) is 3. The number of nitrogens with zero attached hydrogens (tertiary/aromatic N) is 4. The molecule has 6 rings (SSSR count). The molecule has 0 radical (unpaired) electrons. The number of aromatic carboxylic acids is 2. The Morgan fingerprint density at radius 3 is 1.67 bits per heavy atom. The minimum absolute atomic E-state index is 0.0497. The highest BCUT2D eigenvalue weighted by Crippen LogP contribution is 2.33. The van der Waals surface area contributed by atoms with Crippen LogP contribution in [0.2, 0.25) is 0 Å². The van der Waals surface area contributed by atoms with Crippen LogP contribution >= 0.6 is 11.8 Å². The van der Waals surface area contributed by atoms with Crippen LogP contribution in [0.25, 0.3) is 11.4 Å². The first-order valence-corrected chi connectivity index (χ1v) is 24.0. The Labute approximate surface area is 413 Å².